The summed E-state index contributed by atoms with van der Waals surface area (Å²) < 4.78 is 15.9. The van der Waals surface area contributed by atoms with Gasteiger partial charge in [-0.15, -0.1) is 0 Å². The molecule has 0 saturated heterocycles. The Morgan fingerprint density at radius 3 is 1.85 bits per heavy atom. The molecule has 0 spiro atoms. The summed E-state index contributed by atoms with van der Waals surface area (Å²) in [6.45, 7) is 3.80. The Labute approximate surface area is 82.8 Å². The molecule has 3 nitrogen and oxygen atoms in total. The van der Waals surface area contributed by atoms with Gasteiger partial charge in [0, 0.05) is 27.4 Å². The van der Waals surface area contributed by atoms with Crippen LogP contribution in [0.3, 0.4) is 0 Å². The van der Waals surface area contributed by atoms with Crippen LogP contribution in [0.5, 0.6) is 0 Å². The molecule has 0 N–H and O–H groups in total. The molecule has 0 saturated carbocycles. The maximum absolute atomic E-state index is 5.30. The van der Waals surface area contributed by atoms with Crippen LogP contribution in [0.25, 0.3) is 0 Å². The van der Waals surface area contributed by atoms with Gasteiger partial charge in [-0.1, -0.05) is 26.2 Å². The summed E-state index contributed by atoms with van der Waals surface area (Å²) in [4.78, 5) is 0. The van der Waals surface area contributed by atoms with Crippen LogP contribution in [0, 0.1) is 6.92 Å². The van der Waals surface area contributed by atoms with Crippen LogP contribution in [-0.4, -0.2) is 30.1 Å². The SMILES string of the molecule is [CH2]CCCCC[Si](OC)(OC)OC. The molecule has 0 heterocycles. The molecule has 0 aliphatic rings. The standard InChI is InChI=1S/C9H21O3Si/c1-5-6-7-8-9-13(10-2,11-3)12-4/h1,5-9H2,2-4H3. The van der Waals surface area contributed by atoms with Crippen molar-refractivity contribution in [1.82, 2.24) is 0 Å². The molecular formula is C9H21O3Si. The fourth-order valence-corrected chi connectivity index (χ4v) is 3.05. The minimum atomic E-state index is -2.29. The largest absolute Gasteiger partial charge is 0.500 e. The van der Waals surface area contributed by atoms with Crippen LogP contribution in [0.4, 0.5) is 0 Å². The molecule has 4 heteroatoms. The second kappa shape index (κ2) is 7.50. The highest BCUT2D eigenvalue weighted by atomic mass is 28.4. The molecule has 13 heavy (non-hydrogen) atoms. The first-order valence-electron chi connectivity index (χ1n) is 4.69. The van der Waals surface area contributed by atoms with Gasteiger partial charge in [0.15, 0.2) is 0 Å². The van der Waals surface area contributed by atoms with Gasteiger partial charge in [0.05, 0.1) is 0 Å². The summed E-state index contributed by atoms with van der Waals surface area (Å²) >= 11 is 0. The number of hydrogen-bond acceptors (Lipinski definition) is 3. The summed E-state index contributed by atoms with van der Waals surface area (Å²) in [5.74, 6) is 0. The first-order valence-corrected chi connectivity index (χ1v) is 6.62. The van der Waals surface area contributed by atoms with E-state index in [1.807, 2.05) is 0 Å². The molecule has 0 aromatic rings. The molecule has 0 aliphatic carbocycles. The number of hydrogen-bond donors (Lipinski definition) is 0. The number of unbranched alkanes of at least 4 members (excludes halogenated alkanes) is 3. The topological polar surface area (TPSA) is 27.7 Å². The molecule has 79 valence electrons. The summed E-state index contributed by atoms with van der Waals surface area (Å²) in [5.41, 5.74) is 0. The zero-order valence-corrected chi connectivity index (χ0v) is 9.97. The fourth-order valence-electron chi connectivity index (χ4n) is 1.25. The summed E-state index contributed by atoms with van der Waals surface area (Å²) in [6, 6.07) is 0.899. The monoisotopic (exact) mass is 205 g/mol. The van der Waals surface area contributed by atoms with Crippen molar-refractivity contribution in [1.29, 1.82) is 0 Å². The van der Waals surface area contributed by atoms with Gasteiger partial charge >= 0.3 is 8.80 Å². The molecule has 0 bridgehead atoms. The highest BCUT2D eigenvalue weighted by Crippen LogP contribution is 2.17. The average molecular weight is 205 g/mol. The Balaban J connectivity index is 3.68. The molecule has 0 atom stereocenters. The molecule has 0 aliphatic heterocycles. The average Bonchev–Trinajstić information content (AvgIpc) is 2.20. The Hall–Kier alpha value is 0.0969. The normalized spacial score (nSPS) is 12.0. The van der Waals surface area contributed by atoms with Crippen LogP contribution in [0.2, 0.25) is 6.04 Å². The molecule has 0 amide bonds. The third-order valence-electron chi connectivity index (χ3n) is 2.17. The van der Waals surface area contributed by atoms with Crippen molar-refractivity contribution < 1.29 is 13.3 Å². The van der Waals surface area contributed by atoms with E-state index in [0.717, 1.165) is 18.9 Å². The highest BCUT2D eigenvalue weighted by Gasteiger charge is 2.36. The molecule has 0 aromatic carbocycles. The first-order chi connectivity index (χ1) is 6.24. The third-order valence-corrected chi connectivity index (χ3v) is 5.00. The van der Waals surface area contributed by atoms with E-state index in [-0.39, 0.29) is 0 Å². The van der Waals surface area contributed by atoms with Crippen LogP contribution < -0.4 is 0 Å². The van der Waals surface area contributed by atoms with Crippen LogP contribution in [0.15, 0.2) is 0 Å². The Morgan fingerprint density at radius 2 is 1.46 bits per heavy atom. The smallest absolute Gasteiger partial charge is 0.377 e. The van der Waals surface area contributed by atoms with Crippen molar-refractivity contribution in [3.8, 4) is 0 Å². The molecular weight excluding hydrogens is 184 g/mol. The van der Waals surface area contributed by atoms with Crippen LogP contribution >= 0.6 is 0 Å². The van der Waals surface area contributed by atoms with E-state index < -0.39 is 8.80 Å². The van der Waals surface area contributed by atoms with Crippen molar-refractivity contribution in [3.63, 3.8) is 0 Å². The lowest BCUT2D eigenvalue weighted by atomic mass is 10.2. The van der Waals surface area contributed by atoms with E-state index in [1.165, 1.54) is 12.8 Å². The Kier molecular flexibility index (Phi) is 7.55. The zero-order chi connectivity index (χ0) is 10.2. The molecule has 1 radical (unpaired) electrons. The lowest BCUT2D eigenvalue weighted by molar-refractivity contribution is 0.122. The van der Waals surface area contributed by atoms with E-state index in [1.54, 1.807) is 21.3 Å². The zero-order valence-electron chi connectivity index (χ0n) is 8.97. The van der Waals surface area contributed by atoms with Gasteiger partial charge in [-0.3, -0.25) is 0 Å². The van der Waals surface area contributed by atoms with Gasteiger partial charge < -0.3 is 13.3 Å². The maximum atomic E-state index is 5.30. The maximum Gasteiger partial charge on any atom is 0.500 e. The second-order valence-electron chi connectivity index (χ2n) is 2.96. The minimum absolute atomic E-state index is 0.899. The summed E-state index contributed by atoms with van der Waals surface area (Å²) in [7, 11) is 2.67. The van der Waals surface area contributed by atoms with E-state index in [2.05, 4.69) is 6.92 Å². The lowest BCUT2D eigenvalue weighted by Crippen LogP contribution is -2.42. The Bertz CT molecular complexity index is 107. The van der Waals surface area contributed by atoms with E-state index in [4.69, 9.17) is 13.3 Å². The van der Waals surface area contributed by atoms with Gasteiger partial charge in [0.2, 0.25) is 0 Å². The predicted octanol–water partition coefficient (Wildman–Crippen LogP) is 2.26. The van der Waals surface area contributed by atoms with Crippen molar-refractivity contribution in [2.75, 3.05) is 21.3 Å². The molecule has 0 unspecified atom stereocenters. The van der Waals surface area contributed by atoms with Crippen molar-refractivity contribution in [2.45, 2.75) is 31.7 Å². The predicted molar refractivity (Wildman–Crippen MR) is 55.4 cm³/mol. The molecule has 0 aromatic heterocycles. The minimum Gasteiger partial charge on any atom is -0.377 e. The highest BCUT2D eigenvalue weighted by molar-refractivity contribution is 6.60. The van der Waals surface area contributed by atoms with Crippen molar-refractivity contribution >= 4 is 8.80 Å². The van der Waals surface area contributed by atoms with E-state index >= 15 is 0 Å². The van der Waals surface area contributed by atoms with Gasteiger partial charge in [0.25, 0.3) is 0 Å². The van der Waals surface area contributed by atoms with Crippen LogP contribution in [0.1, 0.15) is 25.7 Å². The first kappa shape index (κ1) is 13.1. The van der Waals surface area contributed by atoms with E-state index in [0.29, 0.717) is 0 Å². The lowest BCUT2D eigenvalue weighted by Gasteiger charge is -2.24. The second-order valence-corrected chi connectivity index (χ2v) is 6.05. The van der Waals surface area contributed by atoms with Gasteiger partial charge in [-0.05, 0) is 6.42 Å². The van der Waals surface area contributed by atoms with E-state index in [9.17, 15) is 0 Å². The van der Waals surface area contributed by atoms with Crippen molar-refractivity contribution in [2.24, 2.45) is 0 Å². The quantitative estimate of drug-likeness (QED) is 0.449. The van der Waals surface area contributed by atoms with Gasteiger partial charge in [-0.25, -0.2) is 0 Å². The summed E-state index contributed by atoms with van der Waals surface area (Å²) in [6.07, 6.45) is 4.44. The Morgan fingerprint density at radius 1 is 0.923 bits per heavy atom. The van der Waals surface area contributed by atoms with Gasteiger partial charge in [-0.2, -0.15) is 0 Å². The van der Waals surface area contributed by atoms with Crippen LogP contribution in [-0.2, 0) is 13.3 Å². The third kappa shape index (κ3) is 4.76. The number of rotatable bonds is 8. The summed E-state index contributed by atoms with van der Waals surface area (Å²) in [5, 5.41) is 0. The molecule has 0 rings (SSSR count). The van der Waals surface area contributed by atoms with Crippen molar-refractivity contribution in [3.05, 3.63) is 6.92 Å². The fraction of sp³-hybridized carbons (Fsp3) is 0.889. The van der Waals surface area contributed by atoms with Gasteiger partial charge in [0.1, 0.15) is 0 Å². The molecule has 0 fully saturated rings.